The monoisotopic (exact) mass is 315 g/mol. The predicted octanol–water partition coefficient (Wildman–Crippen LogP) is 2.13. The second-order valence-corrected chi connectivity index (χ2v) is 7.93. The first-order chi connectivity index (χ1) is 9.56. The van der Waals surface area contributed by atoms with Gasteiger partial charge in [-0.05, 0) is 37.1 Å². The largest absolute Gasteiger partial charge is 0.392 e. The minimum absolute atomic E-state index is 0.00190. The van der Waals surface area contributed by atoms with Crippen molar-refractivity contribution >= 4 is 21.8 Å². The standard InChI is InChI=1S/C14H21NO3S2/c1-19-13-7-4-6-12(9-13)15-20(17,18)14-8-3-2-5-11(14)10-16/h2-3,5,8,12-13,15-16H,4,6-7,9-10H2,1H3. The van der Waals surface area contributed by atoms with E-state index in [1.807, 2.05) is 0 Å². The minimum atomic E-state index is -3.55. The summed E-state index contributed by atoms with van der Waals surface area (Å²) in [4.78, 5) is 0.189. The Hall–Kier alpha value is -0.560. The molecule has 0 saturated heterocycles. The highest BCUT2D eigenvalue weighted by Gasteiger charge is 2.27. The van der Waals surface area contributed by atoms with E-state index in [4.69, 9.17) is 0 Å². The average molecular weight is 315 g/mol. The Balaban J connectivity index is 2.14. The molecular formula is C14H21NO3S2. The van der Waals surface area contributed by atoms with Crippen LogP contribution in [0.1, 0.15) is 31.2 Å². The van der Waals surface area contributed by atoms with Gasteiger partial charge in [0.1, 0.15) is 0 Å². The summed E-state index contributed by atoms with van der Waals surface area (Å²) in [6, 6.07) is 6.59. The lowest BCUT2D eigenvalue weighted by Gasteiger charge is -2.28. The normalized spacial score (nSPS) is 23.7. The van der Waals surface area contributed by atoms with Gasteiger partial charge in [-0.15, -0.1) is 0 Å². The van der Waals surface area contributed by atoms with Gasteiger partial charge in [-0.25, -0.2) is 13.1 Å². The summed E-state index contributed by atoms with van der Waals surface area (Å²) >= 11 is 1.80. The van der Waals surface area contributed by atoms with Crippen LogP contribution in [0.4, 0.5) is 0 Å². The molecule has 0 aromatic heterocycles. The highest BCUT2D eigenvalue weighted by Crippen LogP contribution is 2.28. The third kappa shape index (κ3) is 3.75. The van der Waals surface area contributed by atoms with Crippen molar-refractivity contribution in [3.8, 4) is 0 Å². The van der Waals surface area contributed by atoms with Crippen molar-refractivity contribution in [2.75, 3.05) is 6.26 Å². The van der Waals surface area contributed by atoms with Crippen LogP contribution in [0.25, 0.3) is 0 Å². The van der Waals surface area contributed by atoms with Gasteiger partial charge in [-0.2, -0.15) is 11.8 Å². The number of rotatable bonds is 5. The Morgan fingerprint density at radius 2 is 2.10 bits per heavy atom. The van der Waals surface area contributed by atoms with E-state index in [1.54, 1.807) is 36.0 Å². The fourth-order valence-electron chi connectivity index (χ4n) is 2.65. The van der Waals surface area contributed by atoms with E-state index in [0.717, 1.165) is 25.7 Å². The minimum Gasteiger partial charge on any atom is -0.392 e. The van der Waals surface area contributed by atoms with E-state index in [9.17, 15) is 13.5 Å². The summed E-state index contributed by atoms with van der Waals surface area (Å²) in [5.41, 5.74) is 0.442. The van der Waals surface area contributed by atoms with Crippen LogP contribution in [0.2, 0.25) is 0 Å². The van der Waals surface area contributed by atoms with Gasteiger partial charge in [-0.3, -0.25) is 0 Å². The summed E-state index contributed by atoms with van der Waals surface area (Å²) in [5, 5.41) is 9.80. The lowest BCUT2D eigenvalue weighted by Crippen LogP contribution is -2.39. The fourth-order valence-corrected chi connectivity index (χ4v) is 4.99. The van der Waals surface area contributed by atoms with Gasteiger partial charge in [0.2, 0.25) is 10.0 Å². The number of aliphatic hydroxyl groups is 1. The summed E-state index contributed by atoms with van der Waals surface area (Å²) in [5.74, 6) is 0. The molecule has 0 heterocycles. The number of aliphatic hydroxyl groups excluding tert-OH is 1. The van der Waals surface area contributed by atoms with Crippen molar-refractivity contribution in [3.63, 3.8) is 0 Å². The summed E-state index contributed by atoms with van der Waals surface area (Å²) < 4.78 is 27.7. The predicted molar refractivity (Wildman–Crippen MR) is 82.2 cm³/mol. The van der Waals surface area contributed by atoms with Crippen LogP contribution < -0.4 is 4.72 Å². The Morgan fingerprint density at radius 1 is 1.35 bits per heavy atom. The first-order valence-corrected chi connectivity index (χ1v) is 9.58. The molecule has 0 bridgehead atoms. The maximum absolute atomic E-state index is 12.4. The summed E-state index contributed by atoms with van der Waals surface area (Å²) in [6.45, 7) is -0.269. The lowest BCUT2D eigenvalue weighted by atomic mass is 9.96. The molecule has 1 aliphatic carbocycles. The maximum atomic E-state index is 12.4. The molecule has 2 unspecified atom stereocenters. The molecule has 0 radical (unpaired) electrons. The number of hydrogen-bond acceptors (Lipinski definition) is 4. The summed E-state index contributed by atoms with van der Waals surface area (Å²) in [7, 11) is -3.55. The summed E-state index contributed by atoms with van der Waals surface area (Å²) in [6.07, 6.45) is 6.05. The SMILES string of the molecule is CSC1CCCC(NS(=O)(=O)c2ccccc2CO)C1. The topological polar surface area (TPSA) is 66.4 Å². The molecule has 112 valence electrons. The van der Waals surface area contributed by atoms with Crippen LogP contribution in [0.15, 0.2) is 29.2 Å². The Morgan fingerprint density at radius 3 is 2.80 bits per heavy atom. The molecule has 0 amide bonds. The number of nitrogens with one attached hydrogen (secondary N) is 1. The van der Waals surface area contributed by atoms with Crippen LogP contribution in [0.5, 0.6) is 0 Å². The van der Waals surface area contributed by atoms with Crippen molar-refractivity contribution in [2.24, 2.45) is 0 Å². The van der Waals surface area contributed by atoms with Gasteiger partial charge in [0, 0.05) is 11.3 Å². The lowest BCUT2D eigenvalue weighted by molar-refractivity contribution is 0.278. The van der Waals surface area contributed by atoms with Gasteiger partial charge in [0.25, 0.3) is 0 Å². The van der Waals surface area contributed by atoms with E-state index >= 15 is 0 Å². The first kappa shape index (κ1) is 15.8. The Bertz CT molecular complexity index is 545. The number of hydrogen-bond donors (Lipinski definition) is 2. The molecule has 1 fully saturated rings. The van der Waals surface area contributed by atoms with E-state index in [1.165, 1.54) is 0 Å². The zero-order valence-electron chi connectivity index (χ0n) is 11.6. The van der Waals surface area contributed by atoms with Gasteiger partial charge in [0.05, 0.1) is 11.5 Å². The van der Waals surface area contributed by atoms with Crippen molar-refractivity contribution in [3.05, 3.63) is 29.8 Å². The van der Waals surface area contributed by atoms with Crippen molar-refractivity contribution in [2.45, 2.75) is 48.5 Å². The van der Waals surface area contributed by atoms with Gasteiger partial charge in [-0.1, -0.05) is 24.6 Å². The molecule has 1 aromatic rings. The third-order valence-corrected chi connectivity index (χ3v) is 6.43. The van der Waals surface area contributed by atoms with Crippen LogP contribution in [0.3, 0.4) is 0 Å². The third-order valence-electron chi connectivity index (χ3n) is 3.71. The highest BCUT2D eigenvalue weighted by atomic mass is 32.2. The van der Waals surface area contributed by atoms with Crippen LogP contribution in [-0.2, 0) is 16.6 Å². The maximum Gasteiger partial charge on any atom is 0.241 e. The highest BCUT2D eigenvalue weighted by molar-refractivity contribution is 7.99. The quantitative estimate of drug-likeness (QED) is 0.873. The smallest absolute Gasteiger partial charge is 0.241 e. The van der Waals surface area contributed by atoms with Crippen molar-refractivity contribution in [1.29, 1.82) is 0 Å². The van der Waals surface area contributed by atoms with Gasteiger partial charge >= 0.3 is 0 Å². The molecule has 1 aromatic carbocycles. The molecule has 20 heavy (non-hydrogen) atoms. The second-order valence-electron chi connectivity index (χ2n) is 5.11. The molecule has 2 atom stereocenters. The average Bonchev–Trinajstić information content (AvgIpc) is 2.47. The van der Waals surface area contributed by atoms with E-state index < -0.39 is 10.0 Å². The Kier molecular flexibility index (Phi) is 5.49. The van der Waals surface area contributed by atoms with Gasteiger partial charge < -0.3 is 5.11 Å². The number of sulfonamides is 1. The molecule has 6 heteroatoms. The second kappa shape index (κ2) is 6.93. The van der Waals surface area contributed by atoms with Crippen LogP contribution in [-0.4, -0.2) is 31.1 Å². The number of thioether (sulfide) groups is 1. The zero-order chi connectivity index (χ0) is 14.6. The first-order valence-electron chi connectivity index (χ1n) is 6.80. The molecule has 4 nitrogen and oxygen atoms in total. The number of benzene rings is 1. The molecule has 0 spiro atoms. The molecular weight excluding hydrogens is 294 g/mol. The van der Waals surface area contributed by atoms with Gasteiger partial charge in [0.15, 0.2) is 0 Å². The molecule has 1 saturated carbocycles. The van der Waals surface area contributed by atoms with Crippen LogP contribution in [0, 0.1) is 0 Å². The van der Waals surface area contributed by atoms with E-state index in [0.29, 0.717) is 10.8 Å². The molecule has 0 aliphatic heterocycles. The van der Waals surface area contributed by atoms with Crippen molar-refractivity contribution in [1.82, 2.24) is 4.72 Å². The molecule has 1 aliphatic rings. The van der Waals surface area contributed by atoms with E-state index in [2.05, 4.69) is 11.0 Å². The zero-order valence-corrected chi connectivity index (χ0v) is 13.2. The van der Waals surface area contributed by atoms with Crippen molar-refractivity contribution < 1.29 is 13.5 Å². The van der Waals surface area contributed by atoms with E-state index in [-0.39, 0.29) is 17.5 Å². The fraction of sp³-hybridized carbons (Fsp3) is 0.571. The Labute approximate surface area is 125 Å². The molecule has 2 rings (SSSR count). The molecule has 2 N–H and O–H groups in total. The van der Waals surface area contributed by atoms with Crippen LogP contribution >= 0.6 is 11.8 Å².